The van der Waals surface area contributed by atoms with Gasteiger partial charge in [0.25, 0.3) is 0 Å². The van der Waals surface area contributed by atoms with Crippen LogP contribution in [-0.4, -0.2) is 29.5 Å². The molecule has 0 bridgehead atoms. The maximum Gasteiger partial charge on any atom is 0.229 e. The Bertz CT molecular complexity index is 262. The number of anilines is 1. The first-order chi connectivity index (χ1) is 6.33. The van der Waals surface area contributed by atoms with Crippen LogP contribution in [0.25, 0.3) is 0 Å². The molecular weight excluding hydrogens is 168 g/mol. The van der Waals surface area contributed by atoms with Crippen LogP contribution in [0.2, 0.25) is 0 Å². The van der Waals surface area contributed by atoms with Gasteiger partial charge >= 0.3 is 0 Å². The predicted molar refractivity (Wildman–Crippen MR) is 49.2 cm³/mol. The zero-order valence-corrected chi connectivity index (χ0v) is 7.45. The van der Waals surface area contributed by atoms with Gasteiger partial charge in [0.15, 0.2) is 0 Å². The van der Waals surface area contributed by atoms with Gasteiger partial charge in [-0.25, -0.2) is 9.97 Å². The molecule has 5 nitrogen and oxygen atoms in total. The first kappa shape index (κ1) is 9.60. The van der Waals surface area contributed by atoms with Gasteiger partial charge in [-0.1, -0.05) is 0 Å². The van der Waals surface area contributed by atoms with Crippen LogP contribution in [0, 0.1) is 0 Å². The van der Waals surface area contributed by atoms with Gasteiger partial charge in [-0.15, -0.1) is 0 Å². The van der Waals surface area contributed by atoms with Crippen LogP contribution in [0.3, 0.4) is 0 Å². The third-order valence-electron chi connectivity index (χ3n) is 1.42. The number of nitrogens with one attached hydrogen (secondary N) is 2. The summed E-state index contributed by atoms with van der Waals surface area (Å²) in [7, 11) is 1.80. The standard InChI is InChI=1S/C8H12N4O/c1-9-6-3-7(13)12-8-10-4-2-5-11-8/h2,4-5,9H,3,6H2,1H3,(H,10,11,12,13). The molecule has 13 heavy (non-hydrogen) atoms. The van der Waals surface area contributed by atoms with Gasteiger partial charge in [0, 0.05) is 25.4 Å². The van der Waals surface area contributed by atoms with Crippen LogP contribution in [0.1, 0.15) is 6.42 Å². The van der Waals surface area contributed by atoms with Crippen LogP contribution >= 0.6 is 0 Å². The maximum atomic E-state index is 11.1. The van der Waals surface area contributed by atoms with Crippen molar-refractivity contribution in [1.29, 1.82) is 0 Å². The number of carbonyl (C=O) groups excluding carboxylic acids is 1. The zero-order valence-electron chi connectivity index (χ0n) is 7.45. The second-order valence-electron chi connectivity index (χ2n) is 2.47. The summed E-state index contributed by atoms with van der Waals surface area (Å²) in [6, 6.07) is 1.70. The van der Waals surface area contributed by atoms with E-state index in [9.17, 15) is 4.79 Å². The first-order valence-electron chi connectivity index (χ1n) is 4.04. The van der Waals surface area contributed by atoms with Crippen molar-refractivity contribution in [1.82, 2.24) is 15.3 Å². The molecule has 0 saturated heterocycles. The van der Waals surface area contributed by atoms with Crippen molar-refractivity contribution in [2.24, 2.45) is 0 Å². The van der Waals surface area contributed by atoms with Gasteiger partial charge in [-0.05, 0) is 13.1 Å². The number of hydrogen-bond acceptors (Lipinski definition) is 4. The van der Waals surface area contributed by atoms with E-state index in [1.165, 1.54) is 0 Å². The van der Waals surface area contributed by atoms with Crippen LogP contribution in [0.15, 0.2) is 18.5 Å². The molecule has 0 aliphatic rings. The zero-order chi connectivity index (χ0) is 9.52. The molecule has 0 atom stereocenters. The van der Waals surface area contributed by atoms with Gasteiger partial charge in [-0.2, -0.15) is 0 Å². The molecule has 0 aliphatic heterocycles. The molecule has 0 spiro atoms. The lowest BCUT2D eigenvalue weighted by Gasteiger charge is -2.01. The Hall–Kier alpha value is -1.49. The van der Waals surface area contributed by atoms with Gasteiger partial charge in [-0.3, -0.25) is 10.1 Å². The Kier molecular flexibility index (Phi) is 3.84. The lowest BCUT2D eigenvalue weighted by molar-refractivity contribution is -0.116. The van der Waals surface area contributed by atoms with Gasteiger partial charge in [0.05, 0.1) is 0 Å². The van der Waals surface area contributed by atoms with Crippen molar-refractivity contribution in [2.75, 3.05) is 18.9 Å². The average molecular weight is 180 g/mol. The Morgan fingerprint density at radius 1 is 1.46 bits per heavy atom. The molecule has 2 N–H and O–H groups in total. The summed E-state index contributed by atoms with van der Waals surface area (Å²) in [5, 5.41) is 5.46. The molecule has 1 heterocycles. The molecule has 0 saturated carbocycles. The third kappa shape index (κ3) is 3.62. The highest BCUT2D eigenvalue weighted by Crippen LogP contribution is 1.94. The normalized spacial score (nSPS) is 9.62. The van der Waals surface area contributed by atoms with Crippen molar-refractivity contribution in [3.8, 4) is 0 Å². The molecule has 5 heteroatoms. The third-order valence-corrected chi connectivity index (χ3v) is 1.42. The smallest absolute Gasteiger partial charge is 0.229 e. The molecule has 0 radical (unpaired) electrons. The Balaban J connectivity index is 2.37. The summed E-state index contributed by atoms with van der Waals surface area (Å²) in [5.41, 5.74) is 0. The molecule has 70 valence electrons. The Morgan fingerprint density at radius 2 is 2.15 bits per heavy atom. The molecule has 1 aromatic heterocycles. The van der Waals surface area contributed by atoms with Gasteiger partial charge in [0.2, 0.25) is 11.9 Å². The van der Waals surface area contributed by atoms with Crippen molar-refractivity contribution >= 4 is 11.9 Å². The van der Waals surface area contributed by atoms with Crippen molar-refractivity contribution < 1.29 is 4.79 Å². The van der Waals surface area contributed by atoms with E-state index in [0.717, 1.165) is 0 Å². The predicted octanol–water partition coefficient (Wildman–Crippen LogP) is 0.0246. The van der Waals surface area contributed by atoms with E-state index in [1.54, 1.807) is 25.5 Å². The van der Waals surface area contributed by atoms with E-state index in [-0.39, 0.29) is 5.91 Å². The summed E-state index contributed by atoms with van der Waals surface area (Å²) in [6.45, 7) is 0.651. The number of rotatable bonds is 4. The molecule has 0 unspecified atom stereocenters. The molecule has 1 aromatic rings. The molecule has 1 amide bonds. The topological polar surface area (TPSA) is 66.9 Å². The van der Waals surface area contributed by atoms with E-state index in [2.05, 4.69) is 20.6 Å². The minimum atomic E-state index is -0.0828. The number of aromatic nitrogens is 2. The van der Waals surface area contributed by atoms with Crippen molar-refractivity contribution in [3.05, 3.63) is 18.5 Å². The van der Waals surface area contributed by atoms with Crippen LogP contribution in [0.4, 0.5) is 5.95 Å². The summed E-state index contributed by atoms with van der Waals surface area (Å²) in [6.07, 6.45) is 3.59. The minimum absolute atomic E-state index is 0.0828. The van der Waals surface area contributed by atoms with Gasteiger partial charge in [0.1, 0.15) is 0 Å². The van der Waals surface area contributed by atoms with E-state index >= 15 is 0 Å². The SMILES string of the molecule is CNCCC(=O)Nc1ncccn1. The second-order valence-corrected chi connectivity index (χ2v) is 2.47. The van der Waals surface area contributed by atoms with Crippen molar-refractivity contribution in [2.45, 2.75) is 6.42 Å². The van der Waals surface area contributed by atoms with Crippen molar-refractivity contribution in [3.63, 3.8) is 0 Å². The average Bonchev–Trinajstić information content (AvgIpc) is 2.16. The first-order valence-corrected chi connectivity index (χ1v) is 4.04. The van der Waals surface area contributed by atoms with Gasteiger partial charge < -0.3 is 5.32 Å². The van der Waals surface area contributed by atoms with Crippen LogP contribution in [0.5, 0.6) is 0 Å². The number of hydrogen-bond donors (Lipinski definition) is 2. The second kappa shape index (κ2) is 5.21. The lowest BCUT2D eigenvalue weighted by atomic mass is 10.4. The Morgan fingerprint density at radius 3 is 2.77 bits per heavy atom. The highest BCUT2D eigenvalue weighted by Gasteiger charge is 2.01. The number of nitrogens with zero attached hydrogens (tertiary/aromatic N) is 2. The highest BCUT2D eigenvalue weighted by molar-refractivity contribution is 5.88. The monoisotopic (exact) mass is 180 g/mol. The lowest BCUT2D eigenvalue weighted by Crippen LogP contribution is -2.19. The summed E-state index contributed by atoms with van der Waals surface area (Å²) < 4.78 is 0. The Labute approximate surface area is 76.6 Å². The fourth-order valence-electron chi connectivity index (χ4n) is 0.789. The summed E-state index contributed by atoms with van der Waals surface area (Å²) in [5.74, 6) is 0.268. The van der Waals surface area contributed by atoms with Crippen LogP contribution in [-0.2, 0) is 4.79 Å². The van der Waals surface area contributed by atoms with E-state index in [4.69, 9.17) is 0 Å². The largest absolute Gasteiger partial charge is 0.319 e. The van der Waals surface area contributed by atoms with E-state index in [0.29, 0.717) is 18.9 Å². The number of amides is 1. The highest BCUT2D eigenvalue weighted by atomic mass is 16.1. The summed E-state index contributed by atoms with van der Waals surface area (Å²) >= 11 is 0. The quantitative estimate of drug-likeness (QED) is 0.685. The van der Waals surface area contributed by atoms with E-state index in [1.807, 2.05) is 0 Å². The molecular formula is C8H12N4O. The fraction of sp³-hybridized carbons (Fsp3) is 0.375. The minimum Gasteiger partial charge on any atom is -0.319 e. The molecule has 1 rings (SSSR count). The number of carbonyl (C=O) groups is 1. The molecule has 0 fully saturated rings. The van der Waals surface area contributed by atoms with Crippen LogP contribution < -0.4 is 10.6 Å². The van der Waals surface area contributed by atoms with E-state index < -0.39 is 0 Å². The molecule has 0 aromatic carbocycles. The molecule has 0 aliphatic carbocycles. The fourth-order valence-corrected chi connectivity index (χ4v) is 0.789. The maximum absolute atomic E-state index is 11.1. The summed E-state index contributed by atoms with van der Waals surface area (Å²) in [4.78, 5) is 18.9.